The number of hydrogen-bond donors (Lipinski definition) is 1. The molecule has 0 saturated heterocycles. The van der Waals surface area contributed by atoms with Crippen LogP contribution in [0.4, 0.5) is 0 Å². The van der Waals surface area contributed by atoms with Gasteiger partial charge in [0.2, 0.25) is 0 Å². The Balaban J connectivity index is 2.34. The molecule has 1 N–H and O–H groups in total. The second kappa shape index (κ2) is 6.18. The highest BCUT2D eigenvalue weighted by molar-refractivity contribution is 7.34. The van der Waals surface area contributed by atoms with Crippen LogP contribution in [0, 0.1) is 0 Å². The van der Waals surface area contributed by atoms with E-state index in [1.807, 2.05) is 30.3 Å². The van der Waals surface area contributed by atoms with E-state index < -0.39 is 19.9 Å². The minimum absolute atomic E-state index is 0.377. The number of benzene rings is 2. The number of hydrogen-bond acceptors (Lipinski definition) is 5. The van der Waals surface area contributed by atoms with E-state index in [2.05, 4.69) is 4.74 Å². The summed E-state index contributed by atoms with van der Waals surface area (Å²) in [4.78, 5) is 23.0. The van der Waals surface area contributed by atoms with Crippen molar-refractivity contribution in [3.05, 3.63) is 42.5 Å². The average molecular weight is 307 g/mol. The molecule has 21 heavy (non-hydrogen) atoms. The molecule has 0 aliphatic heterocycles. The molecule has 0 heterocycles. The van der Waals surface area contributed by atoms with Crippen LogP contribution in [0.2, 0.25) is 0 Å². The highest BCUT2D eigenvalue weighted by Crippen LogP contribution is 2.33. The van der Waals surface area contributed by atoms with E-state index >= 15 is 0 Å². The van der Waals surface area contributed by atoms with Crippen molar-refractivity contribution in [1.82, 2.24) is 0 Å². The minimum atomic E-state index is -2.59. The maximum absolute atomic E-state index is 12.0. The van der Waals surface area contributed by atoms with Crippen LogP contribution in [0.25, 0.3) is 10.8 Å². The Kier molecular flexibility index (Phi) is 4.53. The summed E-state index contributed by atoms with van der Waals surface area (Å²) in [5.41, 5.74) is -1.90. The van der Waals surface area contributed by atoms with Gasteiger partial charge in [-0.05, 0) is 16.2 Å². The van der Waals surface area contributed by atoms with Crippen molar-refractivity contribution in [1.29, 1.82) is 0 Å². The first-order valence-electron chi connectivity index (χ1n) is 6.10. The first-order chi connectivity index (χ1) is 9.96. The fourth-order valence-electron chi connectivity index (χ4n) is 1.71. The Labute approximate surface area is 122 Å². The first-order valence-corrected chi connectivity index (χ1v) is 7.23. The van der Waals surface area contributed by atoms with Crippen LogP contribution in [0.1, 0.15) is 6.92 Å². The number of carboxylic acids is 1. The molecule has 0 fully saturated rings. The molecule has 0 saturated carbocycles. The van der Waals surface area contributed by atoms with Crippen LogP contribution in [-0.4, -0.2) is 23.9 Å². The zero-order valence-electron chi connectivity index (χ0n) is 11.5. The van der Waals surface area contributed by atoms with Gasteiger partial charge in [-0.25, -0.2) is 4.79 Å². The molecule has 2 aromatic rings. The smallest absolute Gasteiger partial charge is 0.398 e. The summed E-state index contributed by atoms with van der Waals surface area (Å²) in [5.74, 6) is -0.961. The number of ether oxygens (including phenoxy) is 1. The average Bonchev–Trinajstić information content (AvgIpc) is 2.47. The number of methoxy groups -OCH3 is 1. The molecule has 2 aromatic carbocycles. The van der Waals surface area contributed by atoms with Crippen molar-refractivity contribution in [3.8, 4) is 5.75 Å². The molecule has 0 bridgehead atoms. The predicted octanol–water partition coefficient (Wildman–Crippen LogP) is 2.52. The minimum Gasteiger partial charge on any atom is -0.575 e. The quantitative estimate of drug-likeness (QED) is 0.857. The lowest BCUT2D eigenvalue weighted by atomic mass is 10.1. The third-order valence-electron chi connectivity index (χ3n) is 2.99. The number of carbonyl (C=O) groups is 1. The Morgan fingerprint density at radius 2 is 1.95 bits per heavy atom. The molecule has 0 spiro atoms. The molecular weight excluding hydrogens is 293 g/mol. The summed E-state index contributed by atoms with van der Waals surface area (Å²) in [6.45, 7) is 1.20. The number of aliphatic carboxylic acids is 1. The standard InChI is InChI=1S/C14H14NO5P/c1-14(19-2,13(16)17)15-21(18)20-12-9-5-7-10-6-3-4-8-11(10)12/h3-9H,1-2H3,(H,16,17)/t14-/m1/s1. The van der Waals surface area contributed by atoms with Crippen molar-refractivity contribution in [2.24, 2.45) is 4.74 Å². The van der Waals surface area contributed by atoms with Crippen molar-refractivity contribution in [2.75, 3.05) is 7.11 Å². The number of rotatable bonds is 5. The van der Waals surface area contributed by atoms with Crippen molar-refractivity contribution >= 4 is 24.9 Å². The largest absolute Gasteiger partial charge is 0.575 e. The van der Waals surface area contributed by atoms with Crippen LogP contribution in [0.3, 0.4) is 0 Å². The predicted molar refractivity (Wildman–Crippen MR) is 77.0 cm³/mol. The third kappa shape index (κ3) is 3.36. The van der Waals surface area contributed by atoms with E-state index in [9.17, 15) is 9.69 Å². The Morgan fingerprint density at radius 1 is 1.29 bits per heavy atom. The molecular formula is C14H14NO5P. The van der Waals surface area contributed by atoms with Gasteiger partial charge in [-0.3, -0.25) is 4.52 Å². The van der Waals surface area contributed by atoms with Gasteiger partial charge in [0.25, 0.3) is 5.72 Å². The van der Waals surface area contributed by atoms with Crippen molar-refractivity contribution < 1.29 is 24.1 Å². The monoisotopic (exact) mass is 307 g/mol. The normalized spacial score (nSPS) is 14.7. The van der Waals surface area contributed by atoms with Gasteiger partial charge in [-0.1, -0.05) is 36.4 Å². The molecule has 1 unspecified atom stereocenters. The SMILES string of the molecule is CO[C@@](C)(N=[P+]([O-])Oc1cccc2ccccc12)C(=O)O. The lowest BCUT2D eigenvalue weighted by Crippen LogP contribution is -2.34. The highest BCUT2D eigenvalue weighted by atomic mass is 31.1. The zero-order valence-corrected chi connectivity index (χ0v) is 12.4. The second-order valence-electron chi connectivity index (χ2n) is 4.40. The van der Waals surface area contributed by atoms with Gasteiger partial charge in [0, 0.05) is 19.4 Å². The van der Waals surface area contributed by atoms with Gasteiger partial charge in [-0.15, -0.1) is 0 Å². The number of fused-ring (bicyclic) bond motifs is 1. The summed E-state index contributed by atoms with van der Waals surface area (Å²) in [7, 11) is -1.41. The van der Waals surface area contributed by atoms with Gasteiger partial charge in [0.05, 0.1) is 0 Å². The van der Waals surface area contributed by atoms with Gasteiger partial charge < -0.3 is 14.7 Å². The fourth-order valence-corrected chi connectivity index (χ4v) is 2.55. The van der Waals surface area contributed by atoms with Crippen LogP contribution in [-0.2, 0) is 9.53 Å². The molecule has 110 valence electrons. The lowest BCUT2D eigenvalue weighted by molar-refractivity contribution is -0.175. The zero-order chi connectivity index (χ0) is 15.5. The molecule has 0 aliphatic carbocycles. The summed E-state index contributed by atoms with van der Waals surface area (Å²) >= 11 is 0. The third-order valence-corrected chi connectivity index (χ3v) is 3.89. The van der Waals surface area contributed by atoms with Gasteiger partial charge in [-0.2, -0.15) is 0 Å². The van der Waals surface area contributed by atoms with Gasteiger partial charge >= 0.3 is 14.1 Å². The first kappa shape index (κ1) is 15.4. The molecule has 0 aromatic heterocycles. The van der Waals surface area contributed by atoms with E-state index in [0.29, 0.717) is 5.75 Å². The maximum atomic E-state index is 12.0. The van der Waals surface area contributed by atoms with Crippen LogP contribution in [0.5, 0.6) is 5.75 Å². The fraction of sp³-hybridized carbons (Fsp3) is 0.214. The molecule has 0 amide bonds. The highest BCUT2D eigenvalue weighted by Gasteiger charge is 2.37. The lowest BCUT2D eigenvalue weighted by Gasteiger charge is -2.14. The summed E-state index contributed by atoms with van der Waals surface area (Å²) in [6, 6.07) is 12.7. The summed E-state index contributed by atoms with van der Waals surface area (Å²) in [6.07, 6.45) is 0. The Morgan fingerprint density at radius 3 is 2.62 bits per heavy atom. The molecule has 6 nitrogen and oxygen atoms in total. The topological polar surface area (TPSA) is 91.2 Å². The molecule has 0 aliphatic rings. The molecule has 2 atom stereocenters. The Hall–Kier alpha value is -2.01. The Bertz CT molecular complexity index is 697. The number of nitrogens with zero attached hydrogens (tertiary/aromatic N) is 1. The molecule has 7 heteroatoms. The maximum Gasteiger partial charge on any atom is 0.398 e. The molecule has 2 rings (SSSR count). The van der Waals surface area contributed by atoms with E-state index in [-0.39, 0.29) is 0 Å². The second-order valence-corrected chi connectivity index (χ2v) is 5.26. The van der Waals surface area contributed by atoms with Crippen molar-refractivity contribution in [3.63, 3.8) is 0 Å². The van der Waals surface area contributed by atoms with E-state index in [4.69, 9.17) is 14.4 Å². The van der Waals surface area contributed by atoms with Gasteiger partial charge in [0.1, 0.15) is 0 Å². The van der Waals surface area contributed by atoms with Crippen LogP contribution >= 0.6 is 8.17 Å². The van der Waals surface area contributed by atoms with E-state index in [1.54, 1.807) is 12.1 Å². The van der Waals surface area contributed by atoms with E-state index in [0.717, 1.165) is 10.8 Å². The summed E-state index contributed by atoms with van der Waals surface area (Å²) in [5, 5.41) is 10.7. The van der Waals surface area contributed by atoms with Crippen molar-refractivity contribution in [2.45, 2.75) is 12.6 Å². The molecule has 0 radical (unpaired) electrons. The van der Waals surface area contributed by atoms with Crippen LogP contribution in [0.15, 0.2) is 47.2 Å². The van der Waals surface area contributed by atoms with Gasteiger partial charge in [0.15, 0.2) is 5.75 Å². The van der Waals surface area contributed by atoms with E-state index in [1.165, 1.54) is 14.0 Å². The summed E-state index contributed by atoms with van der Waals surface area (Å²) < 4.78 is 13.6. The number of carboxylic acid groups (broad SMARTS) is 1. The van der Waals surface area contributed by atoms with Crippen LogP contribution < -0.4 is 9.42 Å².